The minimum absolute atomic E-state index is 0.0894. The minimum atomic E-state index is -0.153. The van der Waals surface area contributed by atoms with E-state index in [1.54, 1.807) is 7.11 Å². The molecule has 0 spiro atoms. The van der Waals surface area contributed by atoms with Gasteiger partial charge in [-0.25, -0.2) is 0 Å². The summed E-state index contributed by atoms with van der Waals surface area (Å²) < 4.78 is 10.8. The lowest BCUT2D eigenvalue weighted by Gasteiger charge is -2.18. The zero-order valence-corrected chi connectivity index (χ0v) is 16.8. The maximum Gasteiger partial charge on any atom is 0.305 e. The summed E-state index contributed by atoms with van der Waals surface area (Å²) in [5, 5.41) is 7.08. The average Bonchev–Trinajstić information content (AvgIpc) is 2.57. The maximum atomic E-state index is 11.0. The second kappa shape index (κ2) is 11.3. The lowest BCUT2D eigenvalue weighted by atomic mass is 10.1. The Morgan fingerprint density at radius 3 is 2.67 bits per heavy atom. The first-order valence-corrected chi connectivity index (χ1v) is 9.12. The number of hydrogen-bond donors (Lipinski definition) is 2. The van der Waals surface area contributed by atoms with E-state index in [9.17, 15) is 4.79 Å². The number of halogens is 1. The van der Waals surface area contributed by atoms with Crippen LogP contribution < -0.4 is 15.4 Å². The highest BCUT2D eigenvalue weighted by Gasteiger charge is 2.09. The van der Waals surface area contributed by atoms with Crippen LogP contribution in [0.5, 0.6) is 5.75 Å². The van der Waals surface area contributed by atoms with E-state index in [0.717, 1.165) is 41.6 Å². The van der Waals surface area contributed by atoms with Gasteiger partial charge in [-0.05, 0) is 65.6 Å². The van der Waals surface area contributed by atoms with Crippen LogP contribution in [-0.2, 0) is 9.53 Å². The number of ether oxygens (including phenoxy) is 2. The first-order valence-electron chi connectivity index (χ1n) is 7.92. The van der Waals surface area contributed by atoms with Gasteiger partial charge in [0.05, 0.1) is 24.7 Å². The third-order valence-electron chi connectivity index (χ3n) is 3.59. The fraction of sp³-hybridized carbons (Fsp3) is 0.529. The first kappa shape index (κ1) is 20.7. The molecular formula is C17H25BrN2O3S. The summed E-state index contributed by atoms with van der Waals surface area (Å²) in [5.41, 5.74) is 1.12. The Morgan fingerprint density at radius 1 is 1.29 bits per heavy atom. The van der Waals surface area contributed by atoms with Crippen LogP contribution in [-0.4, -0.2) is 31.8 Å². The molecule has 0 saturated heterocycles. The van der Waals surface area contributed by atoms with Gasteiger partial charge in [-0.15, -0.1) is 0 Å². The minimum Gasteiger partial charge on any atom is -0.496 e. The van der Waals surface area contributed by atoms with Crippen LogP contribution in [0.15, 0.2) is 22.7 Å². The predicted molar refractivity (Wildman–Crippen MR) is 103 cm³/mol. The Morgan fingerprint density at radius 2 is 2.04 bits per heavy atom. The second-order valence-electron chi connectivity index (χ2n) is 5.40. The molecule has 0 saturated carbocycles. The van der Waals surface area contributed by atoms with Crippen molar-refractivity contribution < 1.29 is 14.3 Å². The van der Waals surface area contributed by atoms with Crippen molar-refractivity contribution in [3.63, 3.8) is 0 Å². The highest BCUT2D eigenvalue weighted by Crippen LogP contribution is 2.27. The van der Waals surface area contributed by atoms with E-state index in [1.165, 1.54) is 7.11 Å². The molecule has 1 aromatic carbocycles. The largest absolute Gasteiger partial charge is 0.496 e. The topological polar surface area (TPSA) is 59.6 Å². The van der Waals surface area contributed by atoms with Gasteiger partial charge >= 0.3 is 5.97 Å². The average molecular weight is 417 g/mol. The smallest absolute Gasteiger partial charge is 0.305 e. The van der Waals surface area contributed by atoms with Crippen molar-refractivity contribution in [2.45, 2.75) is 38.6 Å². The van der Waals surface area contributed by atoms with Crippen molar-refractivity contribution in [2.24, 2.45) is 0 Å². The van der Waals surface area contributed by atoms with Gasteiger partial charge in [-0.1, -0.05) is 12.5 Å². The molecule has 134 valence electrons. The molecule has 0 aliphatic carbocycles. The van der Waals surface area contributed by atoms with Crippen molar-refractivity contribution in [3.8, 4) is 5.75 Å². The van der Waals surface area contributed by atoms with Crippen LogP contribution in [0.2, 0.25) is 0 Å². The monoisotopic (exact) mass is 416 g/mol. The van der Waals surface area contributed by atoms with Crippen LogP contribution >= 0.6 is 28.1 Å². The summed E-state index contributed by atoms with van der Waals surface area (Å²) in [6.45, 7) is 2.84. The fourth-order valence-electron chi connectivity index (χ4n) is 2.16. The Hall–Kier alpha value is -1.34. The van der Waals surface area contributed by atoms with Crippen molar-refractivity contribution in [1.29, 1.82) is 0 Å². The molecule has 0 fully saturated rings. The zero-order valence-electron chi connectivity index (χ0n) is 14.4. The third-order valence-corrected chi connectivity index (χ3v) is 4.48. The van der Waals surface area contributed by atoms with Crippen molar-refractivity contribution in [1.82, 2.24) is 10.6 Å². The molecule has 0 aliphatic rings. The molecule has 0 bridgehead atoms. The van der Waals surface area contributed by atoms with Gasteiger partial charge in [0.1, 0.15) is 5.75 Å². The molecule has 1 rings (SSSR count). The Bertz CT molecular complexity index is 555. The Kier molecular flexibility index (Phi) is 9.71. The SMILES string of the molecule is COC(=O)CCCCCNC(=S)N[C@H](C)c1ccc(OC)c(Br)c1. The first-order chi connectivity index (χ1) is 11.5. The van der Waals surface area contributed by atoms with E-state index in [1.807, 2.05) is 18.2 Å². The quantitative estimate of drug-likeness (QED) is 0.363. The second-order valence-corrected chi connectivity index (χ2v) is 6.67. The van der Waals surface area contributed by atoms with Gasteiger partial charge in [-0.3, -0.25) is 4.79 Å². The summed E-state index contributed by atoms with van der Waals surface area (Å²) >= 11 is 8.81. The summed E-state index contributed by atoms with van der Waals surface area (Å²) in [7, 11) is 3.06. The number of carbonyl (C=O) groups is 1. The van der Waals surface area contributed by atoms with Gasteiger partial charge in [0.2, 0.25) is 0 Å². The number of benzene rings is 1. The molecule has 2 N–H and O–H groups in total. The van der Waals surface area contributed by atoms with Gasteiger partial charge in [0.15, 0.2) is 5.11 Å². The summed E-state index contributed by atoms with van der Waals surface area (Å²) in [4.78, 5) is 11.0. The molecule has 5 nitrogen and oxygen atoms in total. The number of thiocarbonyl (C=S) groups is 1. The van der Waals surface area contributed by atoms with Crippen LogP contribution in [0.25, 0.3) is 0 Å². The van der Waals surface area contributed by atoms with E-state index in [2.05, 4.69) is 38.2 Å². The summed E-state index contributed by atoms with van der Waals surface area (Å²) in [6.07, 6.45) is 3.24. The molecule has 0 aromatic heterocycles. The van der Waals surface area contributed by atoms with Crippen molar-refractivity contribution in [3.05, 3.63) is 28.2 Å². The summed E-state index contributed by atoms with van der Waals surface area (Å²) in [6, 6.07) is 6.05. The lowest BCUT2D eigenvalue weighted by Crippen LogP contribution is -2.37. The molecule has 0 radical (unpaired) electrons. The van der Waals surface area contributed by atoms with E-state index in [-0.39, 0.29) is 12.0 Å². The van der Waals surface area contributed by atoms with Crippen LogP contribution in [0.4, 0.5) is 0 Å². The van der Waals surface area contributed by atoms with Gasteiger partial charge in [0, 0.05) is 13.0 Å². The van der Waals surface area contributed by atoms with E-state index in [0.29, 0.717) is 11.5 Å². The number of nitrogens with one attached hydrogen (secondary N) is 2. The van der Waals surface area contributed by atoms with Gasteiger partial charge in [0.25, 0.3) is 0 Å². The predicted octanol–water partition coefficient (Wildman–Crippen LogP) is 3.72. The van der Waals surface area contributed by atoms with Crippen LogP contribution in [0.3, 0.4) is 0 Å². The van der Waals surface area contributed by atoms with Crippen LogP contribution in [0, 0.1) is 0 Å². The number of rotatable bonds is 9. The van der Waals surface area contributed by atoms with Gasteiger partial charge < -0.3 is 20.1 Å². The van der Waals surface area contributed by atoms with Crippen LogP contribution in [0.1, 0.15) is 44.2 Å². The van der Waals surface area contributed by atoms with Crippen molar-refractivity contribution in [2.75, 3.05) is 20.8 Å². The standard InChI is InChI=1S/C17H25BrN2O3S/c1-12(13-8-9-15(22-2)14(18)11-13)20-17(24)19-10-6-4-5-7-16(21)23-3/h8-9,11-12H,4-7,10H2,1-3H3,(H2,19,20,24)/t12-/m1/s1. The number of esters is 1. The number of unbranched alkanes of at least 4 members (excludes halogenated alkanes) is 2. The zero-order chi connectivity index (χ0) is 17.9. The van der Waals surface area contributed by atoms with Gasteiger partial charge in [-0.2, -0.15) is 0 Å². The van der Waals surface area contributed by atoms with Crippen molar-refractivity contribution >= 4 is 39.2 Å². The molecular weight excluding hydrogens is 392 g/mol. The third kappa shape index (κ3) is 7.49. The molecule has 0 unspecified atom stereocenters. The molecule has 7 heteroatoms. The number of hydrogen-bond acceptors (Lipinski definition) is 4. The molecule has 1 aromatic rings. The Balaban J connectivity index is 2.27. The summed E-state index contributed by atoms with van der Waals surface area (Å²) in [5.74, 6) is 0.651. The molecule has 1 atom stereocenters. The highest BCUT2D eigenvalue weighted by atomic mass is 79.9. The lowest BCUT2D eigenvalue weighted by molar-refractivity contribution is -0.140. The molecule has 0 amide bonds. The fourth-order valence-corrected chi connectivity index (χ4v) is 3.00. The molecule has 24 heavy (non-hydrogen) atoms. The number of carbonyl (C=O) groups excluding carboxylic acids is 1. The maximum absolute atomic E-state index is 11.0. The number of methoxy groups -OCH3 is 2. The highest BCUT2D eigenvalue weighted by molar-refractivity contribution is 9.10. The molecule has 0 heterocycles. The Labute approximate surface area is 157 Å². The van der Waals surface area contributed by atoms with E-state index >= 15 is 0 Å². The normalized spacial score (nSPS) is 11.5. The van der Waals surface area contributed by atoms with E-state index < -0.39 is 0 Å². The molecule has 0 aliphatic heterocycles. The van der Waals surface area contributed by atoms with E-state index in [4.69, 9.17) is 17.0 Å².